The van der Waals surface area contributed by atoms with E-state index in [2.05, 4.69) is 26.1 Å². The van der Waals surface area contributed by atoms with Crippen molar-refractivity contribution < 1.29 is 0 Å². The lowest BCUT2D eigenvalue weighted by atomic mass is 10.1. The summed E-state index contributed by atoms with van der Waals surface area (Å²) in [5.41, 5.74) is 5.67. The standard InChI is InChI=1S/C10H24N2.2ClH/c1-10(2,3)12-9-7-5-4-6-8-11;;/h12H,4-9,11H2,1-3H3;2*1H. The molecule has 0 aromatic carbocycles. The van der Waals surface area contributed by atoms with Crippen LogP contribution in [0.5, 0.6) is 0 Å². The second kappa shape index (κ2) is 11.6. The van der Waals surface area contributed by atoms with Gasteiger partial charge in [-0.1, -0.05) is 12.8 Å². The molecule has 90 valence electrons. The summed E-state index contributed by atoms with van der Waals surface area (Å²) < 4.78 is 0. The van der Waals surface area contributed by atoms with Gasteiger partial charge in [0.05, 0.1) is 0 Å². The van der Waals surface area contributed by atoms with Crippen LogP contribution in [0.15, 0.2) is 0 Å². The van der Waals surface area contributed by atoms with E-state index in [1.165, 1.54) is 25.7 Å². The Morgan fingerprint density at radius 3 is 1.86 bits per heavy atom. The van der Waals surface area contributed by atoms with E-state index < -0.39 is 0 Å². The van der Waals surface area contributed by atoms with Crippen LogP contribution < -0.4 is 11.1 Å². The maximum Gasteiger partial charge on any atom is 0.00965 e. The van der Waals surface area contributed by atoms with Crippen molar-refractivity contribution in [1.82, 2.24) is 5.32 Å². The largest absolute Gasteiger partial charge is 0.330 e. The molecule has 0 aromatic rings. The summed E-state index contributed by atoms with van der Waals surface area (Å²) in [6, 6.07) is 0. The topological polar surface area (TPSA) is 38.0 Å². The number of nitrogens with one attached hydrogen (secondary N) is 1. The molecule has 3 N–H and O–H groups in total. The fourth-order valence-corrected chi connectivity index (χ4v) is 1.09. The highest BCUT2D eigenvalue weighted by molar-refractivity contribution is 5.85. The average Bonchev–Trinajstić information content (AvgIpc) is 1.94. The van der Waals surface area contributed by atoms with Gasteiger partial charge < -0.3 is 11.1 Å². The van der Waals surface area contributed by atoms with Crippen molar-refractivity contribution in [2.24, 2.45) is 5.73 Å². The van der Waals surface area contributed by atoms with Crippen LogP contribution in [0.4, 0.5) is 0 Å². The molecule has 0 bridgehead atoms. The minimum Gasteiger partial charge on any atom is -0.330 e. The highest BCUT2D eigenvalue weighted by atomic mass is 35.5. The van der Waals surface area contributed by atoms with Gasteiger partial charge in [-0.05, 0) is 46.7 Å². The Morgan fingerprint density at radius 1 is 0.929 bits per heavy atom. The molecule has 0 spiro atoms. The van der Waals surface area contributed by atoms with E-state index in [1.807, 2.05) is 0 Å². The van der Waals surface area contributed by atoms with Gasteiger partial charge in [0, 0.05) is 5.54 Å². The van der Waals surface area contributed by atoms with Gasteiger partial charge in [-0.2, -0.15) is 0 Å². The average molecular weight is 245 g/mol. The van der Waals surface area contributed by atoms with Crippen molar-refractivity contribution in [3.8, 4) is 0 Å². The monoisotopic (exact) mass is 244 g/mol. The molecule has 4 heteroatoms. The number of hydrogen-bond donors (Lipinski definition) is 2. The van der Waals surface area contributed by atoms with Gasteiger partial charge in [0.25, 0.3) is 0 Å². The molecule has 0 saturated heterocycles. The number of nitrogens with two attached hydrogens (primary N) is 1. The third-order valence-corrected chi connectivity index (χ3v) is 1.79. The molecule has 0 aliphatic carbocycles. The normalized spacial score (nSPS) is 10.3. The zero-order valence-corrected chi connectivity index (χ0v) is 11.3. The third kappa shape index (κ3) is 18.3. The van der Waals surface area contributed by atoms with E-state index in [-0.39, 0.29) is 30.4 Å². The van der Waals surface area contributed by atoms with E-state index in [4.69, 9.17) is 5.73 Å². The highest BCUT2D eigenvalue weighted by Gasteiger charge is 2.06. The number of halogens is 2. The van der Waals surface area contributed by atoms with Gasteiger partial charge >= 0.3 is 0 Å². The molecule has 0 amide bonds. The molecule has 0 atom stereocenters. The second-order valence-electron chi connectivity index (χ2n) is 4.38. The molecule has 0 aliphatic rings. The molecule has 0 heterocycles. The highest BCUT2D eigenvalue weighted by Crippen LogP contribution is 2.01. The number of rotatable bonds is 6. The van der Waals surface area contributed by atoms with E-state index in [9.17, 15) is 0 Å². The van der Waals surface area contributed by atoms with Crippen LogP contribution in [0.25, 0.3) is 0 Å². The van der Waals surface area contributed by atoms with Crippen LogP contribution in [0.1, 0.15) is 46.5 Å². The molecule has 0 aliphatic heterocycles. The maximum atomic E-state index is 5.40. The van der Waals surface area contributed by atoms with E-state index in [0.717, 1.165) is 13.1 Å². The van der Waals surface area contributed by atoms with Crippen LogP contribution in [0.3, 0.4) is 0 Å². The summed E-state index contributed by atoms with van der Waals surface area (Å²) in [4.78, 5) is 0. The van der Waals surface area contributed by atoms with Crippen molar-refractivity contribution in [2.75, 3.05) is 13.1 Å². The SMILES string of the molecule is CC(C)(C)NCCCCCCN.Cl.Cl. The molecular formula is C10H26Cl2N2. The Hall–Kier alpha value is 0.500. The summed E-state index contributed by atoms with van der Waals surface area (Å²) in [6.45, 7) is 8.58. The first-order valence-electron chi connectivity index (χ1n) is 5.01. The second-order valence-corrected chi connectivity index (χ2v) is 4.38. The Bertz CT molecular complexity index is 103. The Balaban J connectivity index is -0.000000605. The lowest BCUT2D eigenvalue weighted by Crippen LogP contribution is -2.36. The Labute approximate surface area is 101 Å². The van der Waals surface area contributed by atoms with Gasteiger partial charge in [-0.3, -0.25) is 0 Å². The smallest absolute Gasteiger partial charge is 0.00965 e. The van der Waals surface area contributed by atoms with Gasteiger partial charge in [-0.15, -0.1) is 24.8 Å². The molecule has 0 radical (unpaired) electrons. The summed E-state index contributed by atoms with van der Waals surface area (Å²) in [5.74, 6) is 0. The van der Waals surface area contributed by atoms with Crippen LogP contribution >= 0.6 is 24.8 Å². The van der Waals surface area contributed by atoms with Gasteiger partial charge in [0.1, 0.15) is 0 Å². The zero-order chi connectivity index (χ0) is 9.45. The zero-order valence-electron chi connectivity index (χ0n) is 9.64. The van der Waals surface area contributed by atoms with E-state index in [0.29, 0.717) is 0 Å². The quantitative estimate of drug-likeness (QED) is 0.706. The fourth-order valence-electron chi connectivity index (χ4n) is 1.09. The van der Waals surface area contributed by atoms with Crippen molar-refractivity contribution >= 4 is 24.8 Å². The molecule has 0 unspecified atom stereocenters. The van der Waals surface area contributed by atoms with Gasteiger partial charge in [0.2, 0.25) is 0 Å². The van der Waals surface area contributed by atoms with Crippen molar-refractivity contribution in [3.63, 3.8) is 0 Å². The Kier molecular flexibility index (Phi) is 16.5. The lowest BCUT2D eigenvalue weighted by Gasteiger charge is -2.20. The molecule has 2 nitrogen and oxygen atoms in total. The molecular weight excluding hydrogens is 219 g/mol. The minimum absolute atomic E-state index is 0. The minimum atomic E-state index is 0. The molecule has 0 rings (SSSR count). The van der Waals surface area contributed by atoms with Crippen LogP contribution in [-0.4, -0.2) is 18.6 Å². The molecule has 0 saturated carbocycles. The van der Waals surface area contributed by atoms with E-state index >= 15 is 0 Å². The first-order valence-corrected chi connectivity index (χ1v) is 5.01. The number of unbranched alkanes of at least 4 members (excludes halogenated alkanes) is 3. The predicted molar refractivity (Wildman–Crippen MR) is 69.8 cm³/mol. The predicted octanol–water partition coefficient (Wildman–Crippen LogP) is 2.74. The van der Waals surface area contributed by atoms with Crippen LogP contribution in [0.2, 0.25) is 0 Å². The van der Waals surface area contributed by atoms with Crippen molar-refractivity contribution in [1.29, 1.82) is 0 Å². The van der Waals surface area contributed by atoms with Gasteiger partial charge in [-0.25, -0.2) is 0 Å². The number of hydrogen-bond acceptors (Lipinski definition) is 2. The van der Waals surface area contributed by atoms with Crippen molar-refractivity contribution in [2.45, 2.75) is 52.0 Å². The van der Waals surface area contributed by atoms with E-state index in [1.54, 1.807) is 0 Å². The molecule has 0 fully saturated rings. The summed E-state index contributed by atoms with van der Waals surface area (Å²) in [6.07, 6.45) is 5.04. The van der Waals surface area contributed by atoms with Crippen molar-refractivity contribution in [3.05, 3.63) is 0 Å². The maximum absolute atomic E-state index is 5.40. The first-order chi connectivity index (χ1) is 5.56. The lowest BCUT2D eigenvalue weighted by molar-refractivity contribution is 0.416. The van der Waals surface area contributed by atoms with Gasteiger partial charge in [0.15, 0.2) is 0 Å². The van der Waals surface area contributed by atoms with Crippen LogP contribution in [-0.2, 0) is 0 Å². The summed E-state index contributed by atoms with van der Waals surface area (Å²) in [5, 5.41) is 3.47. The van der Waals surface area contributed by atoms with Crippen LogP contribution in [0, 0.1) is 0 Å². The summed E-state index contributed by atoms with van der Waals surface area (Å²) >= 11 is 0. The third-order valence-electron chi connectivity index (χ3n) is 1.79. The fraction of sp³-hybridized carbons (Fsp3) is 1.00. The molecule has 0 aromatic heterocycles. The Morgan fingerprint density at radius 2 is 1.43 bits per heavy atom. The first kappa shape index (κ1) is 20.0. The summed E-state index contributed by atoms with van der Waals surface area (Å²) in [7, 11) is 0. The molecule has 14 heavy (non-hydrogen) atoms.